The second-order valence-electron chi connectivity index (χ2n) is 3.89. The molecule has 0 unspecified atom stereocenters. The van der Waals surface area contributed by atoms with Gasteiger partial charge in [0.2, 0.25) is 0 Å². The molecule has 0 saturated heterocycles. The molecule has 0 spiro atoms. The van der Waals surface area contributed by atoms with Crippen molar-refractivity contribution < 1.29 is 0 Å². The first-order valence-corrected chi connectivity index (χ1v) is 5.71. The van der Waals surface area contributed by atoms with Gasteiger partial charge in [0.05, 0.1) is 19.3 Å². The van der Waals surface area contributed by atoms with Gasteiger partial charge in [-0.05, 0) is 24.6 Å². The Bertz CT molecular complexity index is 516. The first-order chi connectivity index (χ1) is 8.74. The summed E-state index contributed by atoms with van der Waals surface area (Å²) in [5.41, 5.74) is 6.88. The minimum atomic E-state index is 0.359. The molecule has 0 saturated carbocycles. The Hall–Kier alpha value is -2.37. The summed E-state index contributed by atoms with van der Waals surface area (Å²) in [5, 5.41) is 7.09. The Balaban J connectivity index is 1.82. The number of hydrogen-bond donors (Lipinski definition) is 2. The minimum absolute atomic E-state index is 0.359. The van der Waals surface area contributed by atoms with Crippen LogP contribution in [0.4, 0.5) is 5.82 Å². The summed E-state index contributed by atoms with van der Waals surface area (Å²) in [4.78, 5) is 8.31. The molecule has 0 atom stereocenters. The van der Waals surface area contributed by atoms with E-state index in [-0.39, 0.29) is 0 Å². The normalized spacial score (nSPS) is 11.5. The highest BCUT2D eigenvalue weighted by atomic mass is 15.3. The van der Waals surface area contributed by atoms with Crippen LogP contribution in [0.1, 0.15) is 5.56 Å². The number of nitrogens with zero attached hydrogens (tertiary/aromatic N) is 4. The first-order valence-electron chi connectivity index (χ1n) is 5.71. The van der Waals surface area contributed by atoms with Gasteiger partial charge in [-0.25, -0.2) is 4.98 Å². The van der Waals surface area contributed by atoms with Crippen LogP contribution < -0.4 is 11.1 Å². The van der Waals surface area contributed by atoms with Gasteiger partial charge >= 0.3 is 0 Å². The molecule has 2 aromatic rings. The van der Waals surface area contributed by atoms with Crippen LogP contribution in [-0.4, -0.2) is 27.3 Å². The lowest BCUT2D eigenvalue weighted by molar-refractivity contribution is 0.625. The lowest BCUT2D eigenvalue weighted by Gasteiger charge is -2.04. The van der Waals surface area contributed by atoms with Gasteiger partial charge in [-0.15, -0.1) is 0 Å². The predicted molar refractivity (Wildman–Crippen MR) is 71.3 cm³/mol. The number of aliphatic imine (C=N–C) groups is 1. The maximum absolute atomic E-state index is 5.74. The molecule has 6 heteroatoms. The van der Waals surface area contributed by atoms with E-state index in [0.717, 1.165) is 5.56 Å². The maximum Gasteiger partial charge on any atom is 0.194 e. The van der Waals surface area contributed by atoms with Crippen LogP contribution in [-0.2, 0) is 6.54 Å². The SMILES string of the molecule is Cc1cnn(CCN=C(N)Nc2ccccn2)c1. The highest BCUT2D eigenvalue weighted by Gasteiger charge is 1.96. The molecule has 18 heavy (non-hydrogen) atoms. The van der Waals surface area contributed by atoms with Crippen LogP contribution in [0.3, 0.4) is 0 Å². The van der Waals surface area contributed by atoms with E-state index in [9.17, 15) is 0 Å². The molecule has 0 amide bonds. The average molecular weight is 244 g/mol. The Morgan fingerprint density at radius 1 is 1.50 bits per heavy atom. The Labute approximate surface area is 106 Å². The van der Waals surface area contributed by atoms with Crippen molar-refractivity contribution in [1.82, 2.24) is 14.8 Å². The molecule has 94 valence electrons. The van der Waals surface area contributed by atoms with Gasteiger partial charge in [0.15, 0.2) is 5.96 Å². The smallest absolute Gasteiger partial charge is 0.194 e. The van der Waals surface area contributed by atoms with Gasteiger partial charge in [0.1, 0.15) is 5.82 Å². The molecule has 0 aromatic carbocycles. The Morgan fingerprint density at radius 3 is 3.06 bits per heavy atom. The van der Waals surface area contributed by atoms with Gasteiger partial charge < -0.3 is 11.1 Å². The van der Waals surface area contributed by atoms with Crippen LogP contribution in [0.5, 0.6) is 0 Å². The molecular weight excluding hydrogens is 228 g/mol. The summed E-state index contributed by atoms with van der Waals surface area (Å²) >= 11 is 0. The molecule has 0 aliphatic carbocycles. The number of aryl methyl sites for hydroxylation is 1. The van der Waals surface area contributed by atoms with Crippen molar-refractivity contribution in [2.24, 2.45) is 10.7 Å². The molecule has 6 nitrogen and oxygen atoms in total. The van der Waals surface area contributed by atoms with E-state index in [1.807, 2.05) is 42.2 Å². The van der Waals surface area contributed by atoms with E-state index in [1.54, 1.807) is 6.20 Å². The highest BCUT2D eigenvalue weighted by molar-refractivity contribution is 5.91. The predicted octanol–water partition coefficient (Wildman–Crippen LogP) is 1.01. The molecule has 0 radical (unpaired) electrons. The zero-order valence-corrected chi connectivity index (χ0v) is 10.2. The van der Waals surface area contributed by atoms with Crippen molar-refractivity contribution in [1.29, 1.82) is 0 Å². The van der Waals surface area contributed by atoms with Crippen molar-refractivity contribution in [3.63, 3.8) is 0 Å². The van der Waals surface area contributed by atoms with Crippen LogP contribution >= 0.6 is 0 Å². The van der Waals surface area contributed by atoms with E-state index >= 15 is 0 Å². The molecule has 0 bridgehead atoms. The monoisotopic (exact) mass is 244 g/mol. The van der Waals surface area contributed by atoms with E-state index < -0.39 is 0 Å². The third-order valence-electron chi connectivity index (χ3n) is 2.29. The number of rotatable bonds is 4. The van der Waals surface area contributed by atoms with Crippen molar-refractivity contribution in [2.75, 3.05) is 11.9 Å². The lowest BCUT2D eigenvalue weighted by Crippen LogP contribution is -2.23. The summed E-state index contributed by atoms with van der Waals surface area (Å²) in [6, 6.07) is 5.56. The number of nitrogens with two attached hydrogens (primary N) is 1. The fraction of sp³-hybridized carbons (Fsp3) is 0.250. The summed E-state index contributed by atoms with van der Waals surface area (Å²) < 4.78 is 1.84. The fourth-order valence-electron chi connectivity index (χ4n) is 1.47. The topological polar surface area (TPSA) is 81.1 Å². The second kappa shape index (κ2) is 5.81. The van der Waals surface area contributed by atoms with E-state index in [4.69, 9.17) is 5.73 Å². The largest absolute Gasteiger partial charge is 0.370 e. The van der Waals surface area contributed by atoms with E-state index in [1.165, 1.54) is 0 Å². The molecule has 2 aromatic heterocycles. The molecule has 0 aliphatic heterocycles. The number of anilines is 1. The third kappa shape index (κ3) is 3.58. The standard InChI is InChI=1S/C12H16N6/c1-10-8-16-18(9-10)7-6-15-12(13)17-11-4-2-3-5-14-11/h2-5,8-9H,6-7H2,1H3,(H3,13,14,15,17). The van der Waals surface area contributed by atoms with Crippen LogP contribution in [0.15, 0.2) is 41.8 Å². The van der Waals surface area contributed by atoms with Gasteiger partial charge in [0.25, 0.3) is 0 Å². The molecule has 3 N–H and O–H groups in total. The van der Waals surface area contributed by atoms with Crippen molar-refractivity contribution in [2.45, 2.75) is 13.5 Å². The van der Waals surface area contributed by atoms with Crippen LogP contribution in [0, 0.1) is 6.92 Å². The average Bonchev–Trinajstić information content (AvgIpc) is 2.76. The first kappa shape index (κ1) is 12.1. The van der Waals surface area contributed by atoms with Crippen molar-refractivity contribution in [3.05, 3.63) is 42.4 Å². The molecule has 2 rings (SSSR count). The number of hydrogen-bond acceptors (Lipinski definition) is 3. The summed E-state index contributed by atoms with van der Waals surface area (Å²) in [6.45, 7) is 3.29. The Morgan fingerprint density at radius 2 is 2.39 bits per heavy atom. The number of guanidine groups is 1. The van der Waals surface area contributed by atoms with Crippen molar-refractivity contribution in [3.8, 4) is 0 Å². The van der Waals surface area contributed by atoms with Gasteiger partial charge in [-0.2, -0.15) is 5.10 Å². The minimum Gasteiger partial charge on any atom is -0.370 e. The second-order valence-corrected chi connectivity index (χ2v) is 3.89. The van der Waals surface area contributed by atoms with Crippen molar-refractivity contribution >= 4 is 11.8 Å². The molecule has 2 heterocycles. The molecular formula is C12H16N6. The highest BCUT2D eigenvalue weighted by Crippen LogP contribution is 1.98. The maximum atomic E-state index is 5.74. The number of aromatic nitrogens is 3. The lowest BCUT2D eigenvalue weighted by atomic mass is 10.4. The zero-order valence-electron chi connectivity index (χ0n) is 10.2. The number of nitrogens with one attached hydrogen (secondary N) is 1. The fourth-order valence-corrected chi connectivity index (χ4v) is 1.47. The summed E-state index contributed by atoms with van der Waals surface area (Å²) in [5.74, 6) is 1.05. The number of pyridine rings is 1. The quantitative estimate of drug-likeness (QED) is 0.621. The van der Waals surface area contributed by atoms with Crippen LogP contribution in [0.25, 0.3) is 0 Å². The molecule has 0 aliphatic rings. The van der Waals surface area contributed by atoms with Gasteiger partial charge in [0, 0.05) is 12.4 Å². The summed E-state index contributed by atoms with van der Waals surface area (Å²) in [6.07, 6.45) is 5.49. The van der Waals surface area contributed by atoms with Gasteiger partial charge in [-0.1, -0.05) is 6.07 Å². The molecule has 0 fully saturated rings. The third-order valence-corrected chi connectivity index (χ3v) is 2.29. The van der Waals surface area contributed by atoms with Gasteiger partial charge in [-0.3, -0.25) is 9.67 Å². The zero-order chi connectivity index (χ0) is 12.8. The van der Waals surface area contributed by atoms with Crippen LogP contribution in [0.2, 0.25) is 0 Å². The summed E-state index contributed by atoms with van der Waals surface area (Å²) in [7, 11) is 0. The van der Waals surface area contributed by atoms with E-state index in [0.29, 0.717) is 24.9 Å². The Kier molecular flexibility index (Phi) is 3.90. The van der Waals surface area contributed by atoms with E-state index in [2.05, 4.69) is 20.4 Å².